The number of amides is 1. The Balaban J connectivity index is 2.45. The second-order valence-electron chi connectivity index (χ2n) is 3.85. The van der Waals surface area contributed by atoms with Crippen molar-refractivity contribution < 1.29 is 19.1 Å². The molecule has 0 saturated heterocycles. The van der Waals surface area contributed by atoms with Crippen LogP contribution in [0, 0.1) is 5.82 Å². The molecule has 0 aliphatic carbocycles. The van der Waals surface area contributed by atoms with Gasteiger partial charge in [0.05, 0.1) is 5.69 Å². The number of thiophene rings is 1. The van der Waals surface area contributed by atoms with Crippen molar-refractivity contribution in [3.05, 3.63) is 41.0 Å². The first-order chi connectivity index (χ1) is 8.97. The van der Waals surface area contributed by atoms with Gasteiger partial charge in [-0.05, 0) is 23.8 Å². The largest absolute Gasteiger partial charge is 0.477 e. The van der Waals surface area contributed by atoms with E-state index in [0.29, 0.717) is 10.4 Å². The monoisotopic (exact) mass is 279 g/mol. The highest BCUT2D eigenvalue weighted by Gasteiger charge is 2.17. The number of rotatable bonds is 3. The Labute approximate surface area is 112 Å². The number of aromatic carboxylic acids is 1. The third kappa shape index (κ3) is 2.97. The van der Waals surface area contributed by atoms with Gasteiger partial charge < -0.3 is 10.4 Å². The maximum atomic E-state index is 12.8. The van der Waals surface area contributed by atoms with E-state index < -0.39 is 5.97 Å². The van der Waals surface area contributed by atoms with Crippen molar-refractivity contribution in [3.63, 3.8) is 0 Å². The summed E-state index contributed by atoms with van der Waals surface area (Å²) in [6.45, 7) is 1.31. The fourth-order valence-electron chi connectivity index (χ4n) is 1.59. The number of benzene rings is 1. The van der Waals surface area contributed by atoms with E-state index in [1.54, 1.807) is 18.2 Å². The van der Waals surface area contributed by atoms with Crippen LogP contribution >= 0.6 is 11.3 Å². The molecule has 0 radical (unpaired) electrons. The molecule has 0 aliphatic rings. The molecule has 19 heavy (non-hydrogen) atoms. The first-order valence-corrected chi connectivity index (χ1v) is 6.19. The molecule has 1 aromatic carbocycles. The number of halogens is 1. The molecule has 1 heterocycles. The van der Waals surface area contributed by atoms with E-state index in [0.717, 1.165) is 11.3 Å². The minimum absolute atomic E-state index is 0.0505. The first kappa shape index (κ1) is 13.2. The van der Waals surface area contributed by atoms with Gasteiger partial charge in [-0.2, -0.15) is 0 Å². The van der Waals surface area contributed by atoms with Gasteiger partial charge in [0.15, 0.2) is 0 Å². The molecule has 0 spiro atoms. The highest BCUT2D eigenvalue weighted by Crippen LogP contribution is 2.34. The molecule has 4 nitrogen and oxygen atoms in total. The third-order valence-electron chi connectivity index (χ3n) is 2.37. The van der Waals surface area contributed by atoms with Crippen LogP contribution in [-0.2, 0) is 4.79 Å². The Morgan fingerprint density at radius 3 is 2.42 bits per heavy atom. The molecule has 0 unspecified atom stereocenters. The molecule has 6 heteroatoms. The van der Waals surface area contributed by atoms with E-state index in [1.807, 2.05) is 0 Å². The molecular weight excluding hydrogens is 269 g/mol. The highest BCUT2D eigenvalue weighted by atomic mass is 32.1. The summed E-state index contributed by atoms with van der Waals surface area (Å²) < 4.78 is 12.8. The van der Waals surface area contributed by atoms with Gasteiger partial charge in [-0.1, -0.05) is 12.1 Å². The lowest BCUT2D eigenvalue weighted by Gasteiger charge is -1.98. The van der Waals surface area contributed by atoms with Crippen LogP contribution in [0.4, 0.5) is 10.1 Å². The molecule has 0 saturated carbocycles. The number of carbonyl (C=O) groups is 2. The smallest absolute Gasteiger partial charge is 0.348 e. The zero-order valence-corrected chi connectivity index (χ0v) is 10.8. The molecule has 0 atom stereocenters. The van der Waals surface area contributed by atoms with Crippen molar-refractivity contribution in [2.24, 2.45) is 0 Å². The van der Waals surface area contributed by atoms with Gasteiger partial charge in [0.1, 0.15) is 10.7 Å². The fourth-order valence-corrected chi connectivity index (χ4v) is 2.55. The molecular formula is C13H10FNO3S. The fraction of sp³-hybridized carbons (Fsp3) is 0.0769. The van der Waals surface area contributed by atoms with Crippen LogP contribution < -0.4 is 5.32 Å². The van der Waals surface area contributed by atoms with Crippen molar-refractivity contribution in [2.45, 2.75) is 6.92 Å². The average Bonchev–Trinajstić information content (AvgIpc) is 2.73. The zero-order chi connectivity index (χ0) is 14.0. The van der Waals surface area contributed by atoms with E-state index in [2.05, 4.69) is 5.32 Å². The number of carboxylic acid groups (broad SMARTS) is 1. The third-order valence-corrected chi connectivity index (χ3v) is 3.54. The molecule has 1 amide bonds. The Morgan fingerprint density at radius 1 is 1.26 bits per heavy atom. The lowest BCUT2D eigenvalue weighted by molar-refractivity contribution is -0.114. The van der Waals surface area contributed by atoms with Gasteiger partial charge in [0.2, 0.25) is 5.91 Å². The van der Waals surface area contributed by atoms with Crippen LogP contribution in [0.25, 0.3) is 10.4 Å². The van der Waals surface area contributed by atoms with E-state index >= 15 is 0 Å². The van der Waals surface area contributed by atoms with Crippen LogP contribution in [0.3, 0.4) is 0 Å². The quantitative estimate of drug-likeness (QED) is 0.906. The van der Waals surface area contributed by atoms with Crippen molar-refractivity contribution in [1.29, 1.82) is 0 Å². The summed E-state index contributed by atoms with van der Waals surface area (Å²) in [6, 6.07) is 7.29. The second-order valence-corrected chi connectivity index (χ2v) is 4.90. The molecule has 0 fully saturated rings. The van der Waals surface area contributed by atoms with Gasteiger partial charge >= 0.3 is 5.97 Å². The lowest BCUT2D eigenvalue weighted by atomic mass is 10.2. The predicted molar refractivity (Wildman–Crippen MR) is 71.0 cm³/mol. The summed E-state index contributed by atoms with van der Waals surface area (Å²) in [5, 5.41) is 11.6. The van der Waals surface area contributed by atoms with Crippen molar-refractivity contribution in [2.75, 3.05) is 5.32 Å². The van der Waals surface area contributed by atoms with Crippen molar-refractivity contribution >= 4 is 28.9 Å². The Bertz CT molecular complexity index is 634. The van der Waals surface area contributed by atoms with E-state index in [4.69, 9.17) is 5.11 Å². The van der Waals surface area contributed by atoms with Crippen LogP contribution in [0.5, 0.6) is 0 Å². The van der Waals surface area contributed by atoms with Crippen LogP contribution in [-0.4, -0.2) is 17.0 Å². The zero-order valence-electron chi connectivity index (χ0n) is 9.94. The van der Waals surface area contributed by atoms with Gasteiger partial charge in [0.25, 0.3) is 0 Å². The summed E-state index contributed by atoms with van der Waals surface area (Å²) >= 11 is 1.03. The van der Waals surface area contributed by atoms with Crippen LogP contribution in [0.15, 0.2) is 30.3 Å². The van der Waals surface area contributed by atoms with E-state index in [1.165, 1.54) is 19.1 Å². The standard InChI is InChI=1S/C13H10FNO3S/c1-7(16)15-10-6-11(19-12(10)13(17)18)8-2-4-9(14)5-3-8/h2-6H,1H3,(H,15,16)(H,17,18). The Hall–Kier alpha value is -2.21. The van der Waals surface area contributed by atoms with Crippen molar-refractivity contribution in [3.8, 4) is 10.4 Å². The molecule has 0 bridgehead atoms. The Kier molecular flexibility index (Phi) is 3.62. The van der Waals surface area contributed by atoms with Gasteiger partial charge in [-0.3, -0.25) is 4.79 Å². The van der Waals surface area contributed by atoms with Crippen molar-refractivity contribution in [1.82, 2.24) is 0 Å². The average molecular weight is 279 g/mol. The summed E-state index contributed by atoms with van der Waals surface area (Å²) in [7, 11) is 0. The number of carbonyl (C=O) groups excluding carboxylic acids is 1. The lowest BCUT2D eigenvalue weighted by Crippen LogP contribution is -2.08. The second kappa shape index (κ2) is 5.19. The van der Waals surface area contributed by atoms with Gasteiger partial charge in [0, 0.05) is 11.8 Å². The minimum atomic E-state index is -1.11. The summed E-state index contributed by atoms with van der Waals surface area (Å²) in [6.07, 6.45) is 0. The van der Waals surface area contributed by atoms with Crippen LogP contribution in [0.2, 0.25) is 0 Å². The Morgan fingerprint density at radius 2 is 1.89 bits per heavy atom. The highest BCUT2D eigenvalue weighted by molar-refractivity contribution is 7.18. The molecule has 1 aromatic heterocycles. The number of carboxylic acids is 1. The van der Waals surface area contributed by atoms with Gasteiger partial charge in [-0.15, -0.1) is 11.3 Å². The molecule has 2 aromatic rings. The van der Waals surface area contributed by atoms with Crippen LogP contribution in [0.1, 0.15) is 16.6 Å². The van der Waals surface area contributed by atoms with E-state index in [9.17, 15) is 14.0 Å². The maximum Gasteiger partial charge on any atom is 0.348 e. The predicted octanol–water partition coefficient (Wildman–Crippen LogP) is 3.21. The van der Waals surface area contributed by atoms with Gasteiger partial charge in [-0.25, -0.2) is 9.18 Å². The number of hydrogen-bond acceptors (Lipinski definition) is 3. The molecule has 2 rings (SSSR count). The maximum absolute atomic E-state index is 12.8. The molecule has 98 valence electrons. The SMILES string of the molecule is CC(=O)Nc1cc(-c2ccc(F)cc2)sc1C(=O)O. The number of hydrogen-bond donors (Lipinski definition) is 2. The summed E-state index contributed by atoms with van der Waals surface area (Å²) in [5.74, 6) is -1.81. The minimum Gasteiger partial charge on any atom is -0.477 e. The first-order valence-electron chi connectivity index (χ1n) is 5.38. The summed E-state index contributed by atoms with van der Waals surface area (Å²) in [5.41, 5.74) is 0.954. The molecule has 2 N–H and O–H groups in total. The molecule has 0 aliphatic heterocycles. The van der Waals surface area contributed by atoms with E-state index in [-0.39, 0.29) is 22.3 Å². The topological polar surface area (TPSA) is 66.4 Å². The number of anilines is 1. The summed E-state index contributed by atoms with van der Waals surface area (Å²) in [4.78, 5) is 22.8. The normalized spacial score (nSPS) is 10.2. The number of nitrogens with one attached hydrogen (secondary N) is 1.